The van der Waals surface area contributed by atoms with Gasteiger partial charge in [0, 0.05) is 25.7 Å². The summed E-state index contributed by atoms with van der Waals surface area (Å²) >= 11 is 0. The second kappa shape index (κ2) is 7.36. The van der Waals surface area contributed by atoms with Gasteiger partial charge in [0.25, 0.3) is 0 Å². The Morgan fingerprint density at radius 3 is 2.72 bits per heavy atom. The summed E-state index contributed by atoms with van der Waals surface area (Å²) in [7, 11) is 0. The van der Waals surface area contributed by atoms with Crippen LogP contribution in [0.3, 0.4) is 0 Å². The number of halogens is 1. The predicted molar refractivity (Wildman–Crippen MR) is 74.6 cm³/mol. The lowest BCUT2D eigenvalue weighted by Crippen LogP contribution is -2.37. The summed E-state index contributed by atoms with van der Waals surface area (Å²) in [5.41, 5.74) is 6.92. The molecule has 4 nitrogen and oxygen atoms in total. The maximum atomic E-state index is 11.7. The third-order valence-electron chi connectivity index (χ3n) is 3.01. The summed E-state index contributed by atoms with van der Waals surface area (Å²) in [5.74, 6) is 0.0722. The van der Waals surface area contributed by atoms with Crippen LogP contribution in [0.15, 0.2) is 30.3 Å². The largest absolute Gasteiger partial charge is 0.351 e. The van der Waals surface area contributed by atoms with Crippen molar-refractivity contribution in [2.45, 2.75) is 19.0 Å². The lowest BCUT2D eigenvalue weighted by atomic mass is 10.2. The molecule has 2 rings (SSSR count). The smallest absolute Gasteiger partial charge is 0.234 e. The average molecular weight is 270 g/mol. The van der Waals surface area contributed by atoms with Crippen molar-refractivity contribution >= 4 is 18.3 Å². The molecule has 1 heterocycles. The molecule has 1 aliphatic heterocycles. The molecule has 1 saturated heterocycles. The third kappa shape index (κ3) is 4.64. The zero-order valence-corrected chi connectivity index (χ0v) is 11.2. The van der Waals surface area contributed by atoms with Crippen molar-refractivity contribution < 1.29 is 4.79 Å². The number of rotatable bonds is 4. The highest BCUT2D eigenvalue weighted by Gasteiger charge is 2.20. The average Bonchev–Trinajstić information content (AvgIpc) is 2.73. The van der Waals surface area contributed by atoms with Gasteiger partial charge >= 0.3 is 0 Å². The van der Waals surface area contributed by atoms with Crippen molar-refractivity contribution in [2.24, 2.45) is 5.73 Å². The van der Waals surface area contributed by atoms with E-state index in [9.17, 15) is 4.79 Å². The molecule has 3 N–H and O–H groups in total. The molecule has 5 heteroatoms. The van der Waals surface area contributed by atoms with E-state index >= 15 is 0 Å². The summed E-state index contributed by atoms with van der Waals surface area (Å²) in [4.78, 5) is 13.8. The molecule has 0 spiro atoms. The fraction of sp³-hybridized carbons (Fsp3) is 0.462. The van der Waals surface area contributed by atoms with Gasteiger partial charge in [-0.15, -0.1) is 12.4 Å². The number of nitrogens with zero attached hydrogens (tertiary/aromatic N) is 1. The highest BCUT2D eigenvalue weighted by Crippen LogP contribution is 2.05. The van der Waals surface area contributed by atoms with Gasteiger partial charge in [-0.3, -0.25) is 9.69 Å². The Morgan fingerprint density at radius 2 is 2.11 bits per heavy atom. The first-order valence-corrected chi connectivity index (χ1v) is 6.02. The van der Waals surface area contributed by atoms with Crippen molar-refractivity contribution in [3.8, 4) is 0 Å². The van der Waals surface area contributed by atoms with Gasteiger partial charge in [-0.1, -0.05) is 30.3 Å². The topological polar surface area (TPSA) is 58.4 Å². The first-order chi connectivity index (χ1) is 8.24. The molecule has 100 valence electrons. The van der Waals surface area contributed by atoms with E-state index in [1.807, 2.05) is 30.3 Å². The second-order valence-corrected chi connectivity index (χ2v) is 4.55. The number of nitrogens with one attached hydrogen (secondary N) is 1. The minimum atomic E-state index is 0. The summed E-state index contributed by atoms with van der Waals surface area (Å²) in [6.45, 7) is 2.82. The molecular weight excluding hydrogens is 250 g/mol. The van der Waals surface area contributed by atoms with Crippen molar-refractivity contribution in [1.29, 1.82) is 0 Å². The first kappa shape index (κ1) is 15.0. The number of carbonyl (C=O) groups is 1. The molecule has 1 fully saturated rings. The summed E-state index contributed by atoms with van der Waals surface area (Å²) in [6, 6.07) is 10.2. The number of nitrogens with two attached hydrogens (primary N) is 1. The van der Waals surface area contributed by atoms with Crippen LogP contribution in [0.2, 0.25) is 0 Å². The number of amides is 1. The fourth-order valence-electron chi connectivity index (χ4n) is 2.06. The van der Waals surface area contributed by atoms with Crippen LogP contribution < -0.4 is 11.1 Å². The lowest BCUT2D eigenvalue weighted by molar-refractivity contribution is -0.122. The van der Waals surface area contributed by atoms with Gasteiger partial charge in [0.05, 0.1) is 6.54 Å². The molecule has 0 bridgehead atoms. The van der Waals surface area contributed by atoms with Crippen molar-refractivity contribution in [1.82, 2.24) is 10.2 Å². The molecule has 1 aliphatic rings. The Balaban J connectivity index is 0.00000162. The predicted octanol–water partition coefficient (Wildman–Crippen LogP) is 0.758. The van der Waals surface area contributed by atoms with E-state index in [0.29, 0.717) is 13.1 Å². The molecule has 1 aromatic rings. The van der Waals surface area contributed by atoms with E-state index in [0.717, 1.165) is 25.1 Å². The van der Waals surface area contributed by atoms with Crippen LogP contribution in [0.25, 0.3) is 0 Å². The second-order valence-electron chi connectivity index (χ2n) is 4.55. The molecule has 1 atom stereocenters. The van der Waals surface area contributed by atoms with Crippen LogP contribution >= 0.6 is 12.4 Å². The number of hydrogen-bond donors (Lipinski definition) is 2. The van der Waals surface area contributed by atoms with E-state index in [1.165, 1.54) is 0 Å². The zero-order chi connectivity index (χ0) is 12.1. The maximum absolute atomic E-state index is 11.7. The van der Waals surface area contributed by atoms with Crippen LogP contribution in [-0.2, 0) is 11.3 Å². The van der Waals surface area contributed by atoms with Crippen molar-refractivity contribution in [3.05, 3.63) is 35.9 Å². The normalized spacial score (nSPS) is 19.3. The molecular formula is C13H20ClN3O. The zero-order valence-electron chi connectivity index (χ0n) is 10.3. The Kier molecular flexibility index (Phi) is 6.12. The Bertz CT molecular complexity index is 372. The quantitative estimate of drug-likeness (QED) is 0.848. The van der Waals surface area contributed by atoms with Gasteiger partial charge in [0.2, 0.25) is 5.91 Å². The first-order valence-electron chi connectivity index (χ1n) is 6.02. The van der Waals surface area contributed by atoms with E-state index in [1.54, 1.807) is 0 Å². The molecule has 0 saturated carbocycles. The van der Waals surface area contributed by atoms with Crippen LogP contribution in [-0.4, -0.2) is 36.5 Å². The van der Waals surface area contributed by atoms with Crippen LogP contribution in [0.4, 0.5) is 0 Å². The third-order valence-corrected chi connectivity index (χ3v) is 3.01. The van der Waals surface area contributed by atoms with Gasteiger partial charge in [0.1, 0.15) is 0 Å². The van der Waals surface area contributed by atoms with Gasteiger partial charge in [0.15, 0.2) is 0 Å². The maximum Gasteiger partial charge on any atom is 0.234 e. The molecule has 1 aromatic carbocycles. The minimum absolute atomic E-state index is 0. The van der Waals surface area contributed by atoms with E-state index in [-0.39, 0.29) is 24.4 Å². The van der Waals surface area contributed by atoms with Crippen LogP contribution in [0.1, 0.15) is 12.0 Å². The molecule has 0 aromatic heterocycles. The fourth-order valence-corrected chi connectivity index (χ4v) is 2.06. The van der Waals surface area contributed by atoms with Gasteiger partial charge in [-0.2, -0.15) is 0 Å². The van der Waals surface area contributed by atoms with Gasteiger partial charge < -0.3 is 11.1 Å². The van der Waals surface area contributed by atoms with Crippen molar-refractivity contribution in [3.63, 3.8) is 0 Å². The summed E-state index contributed by atoms with van der Waals surface area (Å²) in [5, 5.41) is 2.92. The monoisotopic (exact) mass is 269 g/mol. The van der Waals surface area contributed by atoms with Crippen molar-refractivity contribution in [2.75, 3.05) is 19.6 Å². The molecule has 0 radical (unpaired) electrons. The van der Waals surface area contributed by atoms with Gasteiger partial charge in [-0.05, 0) is 12.0 Å². The Labute approximate surface area is 114 Å². The SMILES string of the molecule is Cl.N[C@H]1CCN(CC(=O)NCc2ccccc2)C1. The lowest BCUT2D eigenvalue weighted by Gasteiger charge is -2.14. The standard InChI is InChI=1S/C13H19N3O.ClH/c14-12-6-7-16(9-12)10-13(17)15-8-11-4-2-1-3-5-11;/h1-5,12H,6-10,14H2,(H,15,17);1H/t12-;/m0./s1. The summed E-state index contributed by atoms with van der Waals surface area (Å²) in [6.07, 6.45) is 0.992. The van der Waals surface area contributed by atoms with Gasteiger partial charge in [-0.25, -0.2) is 0 Å². The van der Waals surface area contributed by atoms with E-state index in [2.05, 4.69) is 10.2 Å². The molecule has 0 unspecified atom stereocenters. The Hall–Kier alpha value is -1.10. The highest BCUT2D eigenvalue weighted by molar-refractivity contribution is 5.85. The van der Waals surface area contributed by atoms with Crippen LogP contribution in [0, 0.1) is 0 Å². The molecule has 0 aliphatic carbocycles. The number of carbonyl (C=O) groups excluding carboxylic acids is 1. The van der Waals surface area contributed by atoms with E-state index < -0.39 is 0 Å². The number of hydrogen-bond acceptors (Lipinski definition) is 3. The van der Waals surface area contributed by atoms with Crippen LogP contribution in [0.5, 0.6) is 0 Å². The van der Waals surface area contributed by atoms with E-state index in [4.69, 9.17) is 5.73 Å². The highest BCUT2D eigenvalue weighted by atomic mass is 35.5. The molecule has 1 amide bonds. The number of likely N-dealkylation sites (tertiary alicyclic amines) is 1. The Morgan fingerprint density at radius 1 is 1.39 bits per heavy atom. The minimum Gasteiger partial charge on any atom is -0.351 e. The summed E-state index contributed by atoms with van der Waals surface area (Å²) < 4.78 is 0. The number of benzene rings is 1. The molecule has 18 heavy (non-hydrogen) atoms.